The number of H-pyrrole nitrogens is 1. The Morgan fingerprint density at radius 1 is 1.09 bits per heavy atom. The minimum absolute atomic E-state index is 0.0746. The van der Waals surface area contributed by atoms with Crippen LogP contribution in [0.5, 0.6) is 0 Å². The monoisotopic (exact) mass is 431 g/mol. The van der Waals surface area contributed by atoms with Gasteiger partial charge in [-0.05, 0) is 46.4 Å². The Balaban J connectivity index is 1.60. The second-order valence-electron chi connectivity index (χ2n) is 8.48. The van der Waals surface area contributed by atoms with Crippen molar-refractivity contribution < 1.29 is 0 Å². The van der Waals surface area contributed by atoms with E-state index in [1.54, 1.807) is 6.20 Å². The number of benzene rings is 1. The fourth-order valence-electron chi connectivity index (χ4n) is 3.84. The van der Waals surface area contributed by atoms with E-state index in [0.717, 1.165) is 53.8 Å². The van der Waals surface area contributed by atoms with Crippen LogP contribution in [-0.4, -0.2) is 34.7 Å². The predicted octanol–water partition coefficient (Wildman–Crippen LogP) is 3.94. The molecule has 4 rings (SSSR count). The number of nitrogens with zero attached hydrogens (tertiary/aromatic N) is 6. The first kappa shape index (κ1) is 21.7. The summed E-state index contributed by atoms with van der Waals surface area (Å²) >= 11 is 0. The molecule has 0 saturated carbocycles. The summed E-state index contributed by atoms with van der Waals surface area (Å²) in [6, 6.07) is 10.1. The molecule has 0 amide bonds. The Bertz CT molecular complexity index is 1200. The zero-order valence-corrected chi connectivity index (χ0v) is 18.8. The maximum absolute atomic E-state index is 13.0. The van der Waals surface area contributed by atoms with Crippen molar-refractivity contribution >= 4 is 0 Å². The number of tetrazole rings is 1. The summed E-state index contributed by atoms with van der Waals surface area (Å²) in [5.41, 5.74) is 5.11. The van der Waals surface area contributed by atoms with E-state index in [1.807, 2.05) is 27.6 Å². The molecule has 4 aromatic rings. The van der Waals surface area contributed by atoms with Gasteiger partial charge >= 0.3 is 5.69 Å². The second-order valence-corrected chi connectivity index (χ2v) is 8.48. The minimum Gasteiger partial charge on any atom is -0.299 e. The van der Waals surface area contributed by atoms with E-state index < -0.39 is 0 Å². The molecule has 166 valence electrons. The third kappa shape index (κ3) is 4.69. The first-order valence-corrected chi connectivity index (χ1v) is 11.1. The summed E-state index contributed by atoms with van der Waals surface area (Å²) < 4.78 is 3.78. The van der Waals surface area contributed by atoms with Crippen LogP contribution >= 0.6 is 0 Å². The van der Waals surface area contributed by atoms with Gasteiger partial charge in [-0.15, -0.1) is 5.10 Å². The third-order valence-electron chi connectivity index (χ3n) is 5.61. The average Bonchev–Trinajstić information content (AvgIpc) is 3.43. The lowest BCUT2D eigenvalue weighted by molar-refractivity contribution is 0.502. The SMILES string of the molecule is CCCc1cn(CCC(C)C)c(=O)n1Cc1ccc(-c2cnccc2-c2nnn[nH]2)cc1. The van der Waals surface area contributed by atoms with Crippen LogP contribution in [0.1, 0.15) is 44.9 Å². The maximum atomic E-state index is 13.0. The van der Waals surface area contributed by atoms with Crippen molar-refractivity contribution in [2.75, 3.05) is 0 Å². The number of hydrogen-bond donors (Lipinski definition) is 1. The molecule has 0 unspecified atom stereocenters. The molecule has 0 radical (unpaired) electrons. The number of hydrogen-bond acceptors (Lipinski definition) is 5. The number of aromatic nitrogens is 7. The molecule has 0 bridgehead atoms. The molecule has 0 spiro atoms. The molecular formula is C24H29N7O. The number of aromatic amines is 1. The molecule has 3 aromatic heterocycles. The maximum Gasteiger partial charge on any atom is 0.328 e. The van der Waals surface area contributed by atoms with E-state index in [4.69, 9.17) is 0 Å². The fraction of sp³-hybridized carbons (Fsp3) is 0.375. The van der Waals surface area contributed by atoms with Crippen LogP contribution in [0.4, 0.5) is 0 Å². The average molecular weight is 432 g/mol. The van der Waals surface area contributed by atoms with Gasteiger partial charge < -0.3 is 0 Å². The highest BCUT2D eigenvalue weighted by molar-refractivity contribution is 5.79. The number of pyridine rings is 1. The van der Waals surface area contributed by atoms with Crippen molar-refractivity contribution in [2.45, 2.75) is 53.1 Å². The molecule has 0 fully saturated rings. The molecular weight excluding hydrogens is 402 g/mol. The molecule has 3 heterocycles. The van der Waals surface area contributed by atoms with Crippen molar-refractivity contribution in [3.8, 4) is 22.5 Å². The molecule has 0 aliphatic rings. The smallest absolute Gasteiger partial charge is 0.299 e. The van der Waals surface area contributed by atoms with Gasteiger partial charge in [0, 0.05) is 42.0 Å². The van der Waals surface area contributed by atoms with E-state index in [-0.39, 0.29) is 5.69 Å². The van der Waals surface area contributed by atoms with Crippen LogP contribution < -0.4 is 5.69 Å². The van der Waals surface area contributed by atoms with Gasteiger partial charge in [-0.1, -0.05) is 51.5 Å². The highest BCUT2D eigenvalue weighted by Crippen LogP contribution is 2.29. The normalized spacial score (nSPS) is 11.4. The van der Waals surface area contributed by atoms with Gasteiger partial charge in [0.25, 0.3) is 0 Å². The van der Waals surface area contributed by atoms with Gasteiger partial charge in [-0.3, -0.25) is 14.1 Å². The molecule has 0 atom stereocenters. The molecule has 1 N–H and O–H groups in total. The van der Waals surface area contributed by atoms with Gasteiger partial charge in [-0.2, -0.15) is 0 Å². The van der Waals surface area contributed by atoms with Crippen LogP contribution in [0.3, 0.4) is 0 Å². The van der Waals surface area contributed by atoms with Gasteiger partial charge in [0.15, 0.2) is 5.82 Å². The lowest BCUT2D eigenvalue weighted by Crippen LogP contribution is -2.26. The second kappa shape index (κ2) is 9.72. The molecule has 8 nitrogen and oxygen atoms in total. The molecule has 0 aliphatic heterocycles. The van der Waals surface area contributed by atoms with Crippen molar-refractivity contribution in [2.24, 2.45) is 5.92 Å². The van der Waals surface area contributed by atoms with Crippen LogP contribution in [0, 0.1) is 5.92 Å². The zero-order valence-electron chi connectivity index (χ0n) is 18.8. The fourth-order valence-corrected chi connectivity index (χ4v) is 3.84. The summed E-state index contributed by atoms with van der Waals surface area (Å²) in [5.74, 6) is 1.17. The standard InChI is InChI=1S/C24H29N7O/c1-4-5-20-16-30(13-11-17(2)3)24(32)31(20)15-18-6-8-19(9-7-18)22-14-25-12-10-21(22)23-26-28-29-27-23/h6-10,12,14,16-17H,4-5,11,13,15H2,1-3H3,(H,26,27,28,29). The first-order chi connectivity index (χ1) is 15.6. The van der Waals surface area contributed by atoms with Crippen molar-refractivity contribution in [3.63, 3.8) is 0 Å². The lowest BCUT2D eigenvalue weighted by atomic mass is 10.0. The number of nitrogens with one attached hydrogen (secondary N) is 1. The lowest BCUT2D eigenvalue weighted by Gasteiger charge is -2.10. The Hall–Kier alpha value is -3.55. The highest BCUT2D eigenvalue weighted by atomic mass is 16.1. The highest BCUT2D eigenvalue weighted by Gasteiger charge is 2.13. The number of aryl methyl sites for hydroxylation is 2. The van der Waals surface area contributed by atoms with E-state index in [2.05, 4.69) is 70.6 Å². The van der Waals surface area contributed by atoms with Crippen LogP contribution in [0.25, 0.3) is 22.5 Å². The van der Waals surface area contributed by atoms with Crippen LogP contribution in [-0.2, 0) is 19.5 Å². The minimum atomic E-state index is 0.0746. The largest absolute Gasteiger partial charge is 0.328 e. The van der Waals surface area contributed by atoms with Crippen molar-refractivity contribution in [1.82, 2.24) is 34.7 Å². The molecule has 32 heavy (non-hydrogen) atoms. The van der Waals surface area contributed by atoms with Gasteiger partial charge in [0.05, 0.1) is 6.54 Å². The van der Waals surface area contributed by atoms with Gasteiger partial charge in [0.1, 0.15) is 0 Å². The van der Waals surface area contributed by atoms with Crippen molar-refractivity contribution in [1.29, 1.82) is 0 Å². The van der Waals surface area contributed by atoms with Crippen LogP contribution in [0.15, 0.2) is 53.7 Å². The van der Waals surface area contributed by atoms with E-state index >= 15 is 0 Å². The van der Waals surface area contributed by atoms with E-state index in [1.165, 1.54) is 0 Å². The molecule has 0 saturated heterocycles. The number of imidazole rings is 1. The Morgan fingerprint density at radius 2 is 1.91 bits per heavy atom. The van der Waals surface area contributed by atoms with E-state index in [9.17, 15) is 4.79 Å². The summed E-state index contributed by atoms with van der Waals surface area (Å²) in [6.45, 7) is 7.84. The van der Waals surface area contributed by atoms with Gasteiger partial charge in [-0.25, -0.2) is 9.89 Å². The van der Waals surface area contributed by atoms with Crippen molar-refractivity contribution in [3.05, 3.63) is 70.7 Å². The summed E-state index contributed by atoms with van der Waals surface area (Å²) in [5, 5.41) is 14.2. The van der Waals surface area contributed by atoms with Gasteiger partial charge in [0.2, 0.25) is 0 Å². The summed E-state index contributed by atoms with van der Waals surface area (Å²) in [7, 11) is 0. The number of rotatable bonds is 9. The predicted molar refractivity (Wildman–Crippen MR) is 124 cm³/mol. The molecule has 0 aliphatic carbocycles. The quantitative estimate of drug-likeness (QED) is 0.433. The van der Waals surface area contributed by atoms with Crippen LogP contribution in [0.2, 0.25) is 0 Å². The first-order valence-electron chi connectivity index (χ1n) is 11.1. The van der Waals surface area contributed by atoms with E-state index in [0.29, 0.717) is 18.3 Å². The summed E-state index contributed by atoms with van der Waals surface area (Å²) in [4.78, 5) is 17.3. The Morgan fingerprint density at radius 3 is 2.59 bits per heavy atom. The Labute approximate surface area is 187 Å². The summed E-state index contributed by atoms with van der Waals surface area (Å²) in [6.07, 6.45) is 8.47. The third-order valence-corrected chi connectivity index (χ3v) is 5.61. The topological polar surface area (TPSA) is 94.3 Å². The Kier molecular flexibility index (Phi) is 6.58. The zero-order chi connectivity index (χ0) is 22.5. The molecule has 1 aromatic carbocycles. The molecule has 8 heteroatoms.